The Morgan fingerprint density at radius 2 is 2.26 bits per heavy atom. The number of amides is 1. The van der Waals surface area contributed by atoms with E-state index < -0.39 is 11.9 Å². The van der Waals surface area contributed by atoms with Crippen LogP contribution in [0.5, 0.6) is 0 Å². The number of carboxylic acid groups (broad SMARTS) is 1. The van der Waals surface area contributed by atoms with E-state index in [0.29, 0.717) is 26.1 Å². The summed E-state index contributed by atoms with van der Waals surface area (Å²) in [5.74, 6) is -1.18. The number of carbonyl (C=O) groups excluding carboxylic acids is 1. The molecule has 2 rings (SSSR count). The molecule has 0 aliphatic carbocycles. The Bertz CT molecular complexity index is 370. The Morgan fingerprint density at radius 3 is 2.95 bits per heavy atom. The second-order valence-electron chi connectivity index (χ2n) is 4.93. The van der Waals surface area contributed by atoms with Gasteiger partial charge in [0.2, 0.25) is 0 Å². The predicted octanol–water partition coefficient (Wildman–Crippen LogP) is 1.12. The van der Waals surface area contributed by atoms with Crippen molar-refractivity contribution in [1.82, 2.24) is 4.90 Å². The molecule has 1 N–H and O–H groups in total. The third-order valence-electron chi connectivity index (χ3n) is 3.73. The summed E-state index contributed by atoms with van der Waals surface area (Å²) in [6, 6.07) is 0. The van der Waals surface area contributed by atoms with Gasteiger partial charge in [0.15, 0.2) is 0 Å². The maximum Gasteiger partial charge on any atom is 0.410 e. The molecule has 2 aliphatic heterocycles. The van der Waals surface area contributed by atoms with Gasteiger partial charge in [-0.3, -0.25) is 4.79 Å². The molecule has 19 heavy (non-hydrogen) atoms. The van der Waals surface area contributed by atoms with Gasteiger partial charge in [-0.25, -0.2) is 4.79 Å². The van der Waals surface area contributed by atoms with Gasteiger partial charge >= 0.3 is 12.1 Å². The first-order valence-corrected chi connectivity index (χ1v) is 6.50. The van der Waals surface area contributed by atoms with Crippen LogP contribution in [-0.4, -0.2) is 54.5 Å². The summed E-state index contributed by atoms with van der Waals surface area (Å²) in [7, 11) is 0. The molecule has 3 atom stereocenters. The lowest BCUT2D eigenvalue weighted by molar-refractivity contribution is -0.144. The van der Waals surface area contributed by atoms with Crippen LogP contribution in [0, 0.1) is 11.8 Å². The van der Waals surface area contributed by atoms with Gasteiger partial charge < -0.3 is 19.5 Å². The molecule has 2 fully saturated rings. The van der Waals surface area contributed by atoms with Gasteiger partial charge in [-0.1, -0.05) is 12.7 Å². The average molecular weight is 269 g/mol. The second kappa shape index (κ2) is 6.06. The fourth-order valence-corrected chi connectivity index (χ4v) is 2.78. The zero-order valence-electron chi connectivity index (χ0n) is 10.8. The molecule has 0 aromatic rings. The zero-order chi connectivity index (χ0) is 13.8. The molecule has 1 amide bonds. The number of ether oxygens (including phenoxy) is 2. The van der Waals surface area contributed by atoms with Crippen LogP contribution in [0.4, 0.5) is 4.79 Å². The highest BCUT2D eigenvalue weighted by Gasteiger charge is 2.42. The Kier molecular flexibility index (Phi) is 4.42. The lowest BCUT2D eigenvalue weighted by Crippen LogP contribution is -2.35. The smallest absolute Gasteiger partial charge is 0.410 e. The third-order valence-corrected chi connectivity index (χ3v) is 3.73. The van der Waals surface area contributed by atoms with Crippen LogP contribution in [-0.2, 0) is 14.3 Å². The first-order valence-electron chi connectivity index (χ1n) is 6.50. The number of carboxylic acids is 1. The van der Waals surface area contributed by atoms with Crippen molar-refractivity contribution in [2.24, 2.45) is 11.8 Å². The van der Waals surface area contributed by atoms with E-state index in [9.17, 15) is 9.59 Å². The maximum atomic E-state index is 11.7. The number of likely N-dealkylation sites (tertiary alicyclic amines) is 1. The van der Waals surface area contributed by atoms with Crippen LogP contribution in [0.1, 0.15) is 12.8 Å². The minimum Gasteiger partial charge on any atom is -0.481 e. The normalized spacial score (nSPS) is 30.3. The summed E-state index contributed by atoms with van der Waals surface area (Å²) in [6.07, 6.45) is 2.18. The first-order chi connectivity index (χ1) is 9.13. The van der Waals surface area contributed by atoms with Crippen molar-refractivity contribution in [3.63, 3.8) is 0 Å². The molecule has 0 bridgehead atoms. The van der Waals surface area contributed by atoms with Gasteiger partial charge in [-0.15, -0.1) is 0 Å². The lowest BCUT2D eigenvalue weighted by Gasteiger charge is -2.22. The fourth-order valence-electron chi connectivity index (χ4n) is 2.78. The van der Waals surface area contributed by atoms with Crippen LogP contribution in [0.2, 0.25) is 0 Å². The van der Waals surface area contributed by atoms with Crippen molar-refractivity contribution >= 4 is 12.1 Å². The monoisotopic (exact) mass is 269 g/mol. The Morgan fingerprint density at radius 1 is 1.47 bits per heavy atom. The standard InChI is InChI=1S/C13H19NO5/c1-2-6-19-13(17)14-5-3-9(8-14)11-10(12(15)16)4-7-18-11/h2,9-11H,1,3-8H2,(H,15,16)/t9?,10-,11+/m1/s1. The van der Waals surface area contributed by atoms with Crippen molar-refractivity contribution < 1.29 is 24.2 Å². The lowest BCUT2D eigenvalue weighted by atomic mass is 9.90. The highest BCUT2D eigenvalue weighted by atomic mass is 16.6. The van der Waals surface area contributed by atoms with Gasteiger partial charge in [0.1, 0.15) is 6.61 Å². The largest absolute Gasteiger partial charge is 0.481 e. The second-order valence-corrected chi connectivity index (χ2v) is 4.93. The molecule has 106 valence electrons. The molecular formula is C13H19NO5. The van der Waals surface area contributed by atoms with E-state index in [-0.39, 0.29) is 24.7 Å². The van der Waals surface area contributed by atoms with Crippen LogP contribution >= 0.6 is 0 Å². The van der Waals surface area contributed by atoms with Crippen molar-refractivity contribution in [1.29, 1.82) is 0 Å². The van der Waals surface area contributed by atoms with E-state index in [2.05, 4.69) is 6.58 Å². The summed E-state index contributed by atoms with van der Waals surface area (Å²) in [4.78, 5) is 24.4. The fraction of sp³-hybridized carbons (Fsp3) is 0.692. The topological polar surface area (TPSA) is 76.1 Å². The van der Waals surface area contributed by atoms with Gasteiger partial charge in [-0.05, 0) is 12.8 Å². The highest BCUT2D eigenvalue weighted by Crippen LogP contribution is 2.32. The van der Waals surface area contributed by atoms with Crippen LogP contribution in [0.15, 0.2) is 12.7 Å². The van der Waals surface area contributed by atoms with Gasteiger partial charge in [0.05, 0.1) is 12.0 Å². The van der Waals surface area contributed by atoms with Crippen LogP contribution < -0.4 is 0 Å². The van der Waals surface area contributed by atoms with Gasteiger partial charge in [0, 0.05) is 25.6 Å². The minimum absolute atomic E-state index is 0.0832. The van der Waals surface area contributed by atoms with Crippen molar-refractivity contribution in [3.05, 3.63) is 12.7 Å². The van der Waals surface area contributed by atoms with E-state index in [1.807, 2.05) is 0 Å². The minimum atomic E-state index is -0.810. The van der Waals surface area contributed by atoms with E-state index >= 15 is 0 Å². The van der Waals surface area contributed by atoms with E-state index in [0.717, 1.165) is 6.42 Å². The molecule has 0 saturated carbocycles. The van der Waals surface area contributed by atoms with Crippen LogP contribution in [0.25, 0.3) is 0 Å². The molecule has 0 aromatic heterocycles. The van der Waals surface area contributed by atoms with Crippen molar-refractivity contribution in [2.45, 2.75) is 18.9 Å². The van der Waals surface area contributed by atoms with Crippen molar-refractivity contribution in [3.8, 4) is 0 Å². The molecule has 6 nitrogen and oxygen atoms in total. The number of rotatable bonds is 4. The summed E-state index contributed by atoms with van der Waals surface area (Å²) in [5, 5.41) is 9.14. The summed E-state index contributed by atoms with van der Waals surface area (Å²) in [5.41, 5.74) is 0. The summed E-state index contributed by atoms with van der Waals surface area (Å²) >= 11 is 0. The van der Waals surface area contributed by atoms with E-state index in [1.165, 1.54) is 6.08 Å². The number of aliphatic carboxylic acids is 1. The predicted molar refractivity (Wildman–Crippen MR) is 66.7 cm³/mol. The molecular weight excluding hydrogens is 250 g/mol. The van der Waals surface area contributed by atoms with E-state index in [4.69, 9.17) is 14.6 Å². The zero-order valence-corrected chi connectivity index (χ0v) is 10.8. The highest BCUT2D eigenvalue weighted by molar-refractivity contribution is 5.71. The van der Waals surface area contributed by atoms with Crippen molar-refractivity contribution in [2.75, 3.05) is 26.3 Å². The third kappa shape index (κ3) is 3.07. The summed E-state index contributed by atoms with van der Waals surface area (Å²) < 4.78 is 10.5. The number of carbonyl (C=O) groups is 2. The van der Waals surface area contributed by atoms with Crippen LogP contribution in [0.3, 0.4) is 0 Å². The molecule has 2 aliphatic rings. The molecule has 0 aromatic carbocycles. The molecule has 1 unspecified atom stereocenters. The Hall–Kier alpha value is -1.56. The van der Waals surface area contributed by atoms with E-state index in [1.54, 1.807) is 4.90 Å². The Balaban J connectivity index is 1.89. The van der Waals surface area contributed by atoms with Gasteiger partial charge in [0.25, 0.3) is 0 Å². The quantitative estimate of drug-likeness (QED) is 0.774. The SMILES string of the molecule is C=CCOC(=O)N1CCC([C@@H]2OCC[C@H]2C(=O)O)C1. The summed E-state index contributed by atoms with van der Waals surface area (Å²) in [6.45, 7) is 5.26. The van der Waals surface area contributed by atoms with Gasteiger partial charge in [-0.2, -0.15) is 0 Å². The molecule has 2 saturated heterocycles. The Labute approximate surface area is 112 Å². The number of hydrogen-bond acceptors (Lipinski definition) is 4. The first kappa shape index (κ1) is 13.9. The number of nitrogens with zero attached hydrogens (tertiary/aromatic N) is 1. The maximum absolute atomic E-state index is 11.7. The number of hydrogen-bond donors (Lipinski definition) is 1. The molecule has 0 spiro atoms. The molecule has 2 heterocycles. The molecule has 6 heteroatoms. The average Bonchev–Trinajstić information content (AvgIpc) is 3.02. The molecule has 0 radical (unpaired) electrons.